The maximum Gasteiger partial charge on any atom is 0.293 e. The van der Waals surface area contributed by atoms with E-state index < -0.39 is 12.5 Å². The minimum absolute atomic E-state index is 0.586. The summed E-state index contributed by atoms with van der Waals surface area (Å²) in [5.74, 6) is 0. The Morgan fingerprint density at radius 1 is 1.09 bits per heavy atom. The Labute approximate surface area is 63.8 Å². The molecular formula is C8H10F2N+. The number of rotatable bonds is 2. The monoisotopic (exact) mass is 158 g/mol. The van der Waals surface area contributed by atoms with Crippen molar-refractivity contribution in [3.05, 3.63) is 35.9 Å². The first-order valence-electron chi connectivity index (χ1n) is 3.38. The third-order valence-electron chi connectivity index (χ3n) is 1.53. The molecule has 1 nitrogen and oxygen atoms in total. The Kier molecular flexibility index (Phi) is 2.54. The lowest BCUT2D eigenvalue weighted by Crippen LogP contribution is -2.56. The van der Waals surface area contributed by atoms with E-state index in [-0.39, 0.29) is 0 Å². The van der Waals surface area contributed by atoms with Crippen LogP contribution in [0.5, 0.6) is 0 Å². The SMILES string of the molecule is [NH3+]C(c1ccccc1)C(F)F. The van der Waals surface area contributed by atoms with Crippen LogP contribution in [0.15, 0.2) is 30.3 Å². The Morgan fingerprint density at radius 3 is 2.09 bits per heavy atom. The fourth-order valence-corrected chi connectivity index (χ4v) is 0.846. The summed E-state index contributed by atoms with van der Waals surface area (Å²) in [6.45, 7) is 0. The summed E-state index contributed by atoms with van der Waals surface area (Å²) in [6, 6.07) is 7.66. The van der Waals surface area contributed by atoms with E-state index in [0.717, 1.165) is 0 Å². The highest BCUT2D eigenvalue weighted by atomic mass is 19.3. The summed E-state index contributed by atoms with van der Waals surface area (Å²) < 4.78 is 24.1. The molecule has 1 unspecified atom stereocenters. The maximum atomic E-state index is 12.1. The molecule has 0 aromatic heterocycles. The first-order valence-corrected chi connectivity index (χ1v) is 3.38. The molecule has 1 atom stereocenters. The Hall–Kier alpha value is -0.960. The standard InChI is InChI=1S/C8H9F2N/c9-8(10)7(11)6-4-2-1-3-5-6/h1-5,7-8H,11H2/p+1. The highest BCUT2D eigenvalue weighted by Crippen LogP contribution is 2.14. The van der Waals surface area contributed by atoms with E-state index in [2.05, 4.69) is 5.73 Å². The van der Waals surface area contributed by atoms with Crippen molar-refractivity contribution in [2.24, 2.45) is 0 Å². The van der Waals surface area contributed by atoms with Crippen LogP contribution in [0.2, 0.25) is 0 Å². The molecule has 0 bridgehead atoms. The van der Waals surface area contributed by atoms with Gasteiger partial charge in [-0.15, -0.1) is 0 Å². The molecule has 60 valence electrons. The van der Waals surface area contributed by atoms with Gasteiger partial charge in [-0.3, -0.25) is 0 Å². The van der Waals surface area contributed by atoms with Crippen LogP contribution in [0.1, 0.15) is 11.6 Å². The summed E-state index contributed by atoms with van der Waals surface area (Å²) in [4.78, 5) is 0. The molecule has 1 aromatic carbocycles. The Balaban J connectivity index is 2.77. The first-order chi connectivity index (χ1) is 5.22. The minimum atomic E-state index is -2.38. The van der Waals surface area contributed by atoms with Crippen LogP contribution in [0.4, 0.5) is 8.78 Å². The van der Waals surface area contributed by atoms with E-state index in [4.69, 9.17) is 0 Å². The third-order valence-corrected chi connectivity index (χ3v) is 1.53. The summed E-state index contributed by atoms with van der Waals surface area (Å²) >= 11 is 0. The molecule has 0 saturated carbocycles. The van der Waals surface area contributed by atoms with E-state index in [1.165, 1.54) is 0 Å². The van der Waals surface area contributed by atoms with Gasteiger partial charge in [-0.2, -0.15) is 0 Å². The number of hydrogen-bond acceptors (Lipinski definition) is 0. The van der Waals surface area contributed by atoms with Gasteiger partial charge < -0.3 is 5.73 Å². The van der Waals surface area contributed by atoms with Crippen LogP contribution in [0.25, 0.3) is 0 Å². The van der Waals surface area contributed by atoms with E-state index in [0.29, 0.717) is 5.56 Å². The number of quaternary nitrogens is 1. The van der Waals surface area contributed by atoms with Gasteiger partial charge >= 0.3 is 0 Å². The fraction of sp³-hybridized carbons (Fsp3) is 0.250. The lowest BCUT2D eigenvalue weighted by molar-refractivity contribution is -0.449. The van der Waals surface area contributed by atoms with Gasteiger partial charge in [-0.25, -0.2) is 8.78 Å². The molecule has 0 amide bonds. The van der Waals surface area contributed by atoms with E-state index >= 15 is 0 Å². The van der Waals surface area contributed by atoms with Crippen molar-refractivity contribution in [3.8, 4) is 0 Å². The van der Waals surface area contributed by atoms with Gasteiger partial charge in [-0.05, 0) is 0 Å². The number of alkyl halides is 2. The fourth-order valence-electron chi connectivity index (χ4n) is 0.846. The van der Waals surface area contributed by atoms with Crippen molar-refractivity contribution in [2.45, 2.75) is 12.5 Å². The van der Waals surface area contributed by atoms with Crippen LogP contribution in [0.3, 0.4) is 0 Å². The summed E-state index contributed by atoms with van der Waals surface area (Å²) in [7, 11) is 0. The highest BCUT2D eigenvalue weighted by Gasteiger charge is 2.20. The lowest BCUT2D eigenvalue weighted by Gasteiger charge is -2.05. The van der Waals surface area contributed by atoms with Crippen molar-refractivity contribution in [3.63, 3.8) is 0 Å². The van der Waals surface area contributed by atoms with Gasteiger partial charge in [0.25, 0.3) is 6.43 Å². The second kappa shape index (κ2) is 3.44. The third kappa shape index (κ3) is 1.98. The molecular weight excluding hydrogens is 148 g/mol. The predicted octanol–water partition coefficient (Wildman–Crippen LogP) is 1.23. The second-order valence-electron chi connectivity index (χ2n) is 2.35. The number of benzene rings is 1. The topological polar surface area (TPSA) is 27.6 Å². The highest BCUT2D eigenvalue weighted by molar-refractivity contribution is 5.17. The molecule has 0 aliphatic heterocycles. The van der Waals surface area contributed by atoms with Crippen LogP contribution < -0.4 is 5.73 Å². The normalized spacial score (nSPS) is 13.5. The molecule has 0 heterocycles. The zero-order chi connectivity index (χ0) is 8.27. The molecule has 0 saturated heterocycles. The van der Waals surface area contributed by atoms with Gasteiger partial charge in [0.1, 0.15) is 0 Å². The van der Waals surface area contributed by atoms with Crippen molar-refractivity contribution in [1.82, 2.24) is 0 Å². The maximum absolute atomic E-state index is 12.1. The van der Waals surface area contributed by atoms with E-state index in [9.17, 15) is 8.78 Å². The molecule has 0 aliphatic rings. The zero-order valence-corrected chi connectivity index (χ0v) is 6.00. The first kappa shape index (κ1) is 8.14. The van der Waals surface area contributed by atoms with Crippen molar-refractivity contribution in [2.75, 3.05) is 0 Å². The lowest BCUT2D eigenvalue weighted by atomic mass is 10.1. The molecule has 0 fully saturated rings. The van der Waals surface area contributed by atoms with Gasteiger partial charge in [0, 0.05) is 5.56 Å². The molecule has 1 rings (SSSR count). The zero-order valence-electron chi connectivity index (χ0n) is 6.00. The molecule has 11 heavy (non-hydrogen) atoms. The smallest absolute Gasteiger partial charge is 0.293 e. The number of halogens is 2. The van der Waals surface area contributed by atoms with Crippen LogP contribution in [-0.4, -0.2) is 6.43 Å². The van der Waals surface area contributed by atoms with Crippen molar-refractivity contribution in [1.29, 1.82) is 0 Å². The second-order valence-corrected chi connectivity index (χ2v) is 2.35. The molecule has 0 radical (unpaired) electrons. The summed E-state index contributed by atoms with van der Waals surface area (Å²) in [5.41, 5.74) is 3.94. The predicted molar refractivity (Wildman–Crippen MR) is 38.1 cm³/mol. The Bertz CT molecular complexity index is 211. The van der Waals surface area contributed by atoms with Gasteiger partial charge in [0.05, 0.1) is 0 Å². The van der Waals surface area contributed by atoms with Gasteiger partial charge in [-0.1, -0.05) is 30.3 Å². The average molecular weight is 158 g/mol. The quantitative estimate of drug-likeness (QED) is 0.670. The van der Waals surface area contributed by atoms with E-state index in [1.807, 2.05) is 0 Å². The van der Waals surface area contributed by atoms with Crippen LogP contribution in [-0.2, 0) is 0 Å². The van der Waals surface area contributed by atoms with Crippen molar-refractivity contribution >= 4 is 0 Å². The number of hydrogen-bond donors (Lipinski definition) is 1. The average Bonchev–Trinajstić information content (AvgIpc) is 2.05. The van der Waals surface area contributed by atoms with Crippen molar-refractivity contribution < 1.29 is 14.5 Å². The summed E-state index contributed by atoms with van der Waals surface area (Å²) in [6.07, 6.45) is -2.38. The largest absolute Gasteiger partial charge is 0.347 e. The molecule has 0 spiro atoms. The molecule has 1 aromatic rings. The minimum Gasteiger partial charge on any atom is -0.347 e. The van der Waals surface area contributed by atoms with Crippen LogP contribution in [0, 0.1) is 0 Å². The summed E-state index contributed by atoms with van der Waals surface area (Å²) in [5, 5.41) is 0. The molecule has 3 N–H and O–H groups in total. The molecule has 0 aliphatic carbocycles. The van der Waals surface area contributed by atoms with Gasteiger partial charge in [0.2, 0.25) is 0 Å². The van der Waals surface area contributed by atoms with Gasteiger partial charge in [0.15, 0.2) is 6.04 Å². The molecule has 3 heteroatoms. The van der Waals surface area contributed by atoms with Crippen LogP contribution >= 0.6 is 0 Å². The Morgan fingerprint density at radius 2 is 1.64 bits per heavy atom. The van der Waals surface area contributed by atoms with E-state index in [1.54, 1.807) is 30.3 Å².